The van der Waals surface area contributed by atoms with E-state index in [4.69, 9.17) is 4.74 Å². The zero-order valence-corrected chi connectivity index (χ0v) is 4.56. The molecule has 0 aromatic heterocycles. The van der Waals surface area contributed by atoms with Crippen LogP contribution in [0.5, 0.6) is 0 Å². The summed E-state index contributed by atoms with van der Waals surface area (Å²) in [5.41, 5.74) is 0. The number of carbonyl (C=O) groups is 1. The Labute approximate surface area is 51.8 Å². The van der Waals surface area contributed by atoms with E-state index in [1.807, 2.05) is 0 Å². The molecule has 0 saturated heterocycles. The molecule has 0 radical (unpaired) electrons. The maximum atomic E-state index is 9.69. The number of nitrogens with zero attached hydrogens (tertiary/aromatic N) is 1. The molecular formula is C5H5NO3. The Morgan fingerprint density at radius 3 is 3.22 bits per heavy atom. The van der Waals surface area contributed by atoms with Gasteiger partial charge >= 0.3 is 0 Å². The van der Waals surface area contributed by atoms with Crippen molar-refractivity contribution in [1.82, 2.24) is 0 Å². The van der Waals surface area contributed by atoms with Crippen LogP contribution in [0.15, 0.2) is 17.5 Å². The molecule has 0 aromatic carbocycles. The van der Waals surface area contributed by atoms with Crippen LogP contribution in [0.3, 0.4) is 0 Å². The molecule has 4 nitrogen and oxygen atoms in total. The van der Waals surface area contributed by atoms with Crippen molar-refractivity contribution in [3.05, 3.63) is 12.5 Å². The van der Waals surface area contributed by atoms with Crippen molar-refractivity contribution in [2.45, 2.75) is 6.29 Å². The lowest BCUT2D eigenvalue weighted by Crippen LogP contribution is -2.16. The molecule has 0 aromatic rings. The Hall–Kier alpha value is -1.32. The van der Waals surface area contributed by atoms with E-state index in [-0.39, 0.29) is 0 Å². The van der Waals surface area contributed by atoms with Gasteiger partial charge in [0.15, 0.2) is 0 Å². The van der Waals surface area contributed by atoms with E-state index in [1.165, 1.54) is 18.7 Å². The number of ether oxygens (including phenoxy) is 2. The molecule has 1 rings (SSSR count). The van der Waals surface area contributed by atoms with Gasteiger partial charge in [-0.3, -0.25) is 9.79 Å². The zero-order valence-electron chi connectivity index (χ0n) is 4.56. The molecule has 4 heteroatoms. The summed E-state index contributed by atoms with van der Waals surface area (Å²) in [6, 6.07) is 0. The topological polar surface area (TPSA) is 47.9 Å². The minimum atomic E-state index is -0.646. The van der Waals surface area contributed by atoms with Gasteiger partial charge in [0.1, 0.15) is 6.26 Å². The lowest BCUT2D eigenvalue weighted by Gasteiger charge is -2.10. The van der Waals surface area contributed by atoms with Crippen LogP contribution < -0.4 is 0 Å². The van der Waals surface area contributed by atoms with Crippen molar-refractivity contribution >= 4 is 12.7 Å². The van der Waals surface area contributed by atoms with Crippen LogP contribution in [-0.4, -0.2) is 19.0 Å². The largest absolute Gasteiger partial charge is 0.456 e. The number of aliphatic imine (C=N–C) groups is 1. The summed E-state index contributed by atoms with van der Waals surface area (Å²) in [6.07, 6.45) is 3.56. The van der Waals surface area contributed by atoms with E-state index in [9.17, 15) is 4.79 Å². The molecule has 1 aliphatic heterocycles. The highest BCUT2D eigenvalue weighted by Crippen LogP contribution is 1.95. The average molecular weight is 127 g/mol. The smallest absolute Gasteiger partial charge is 0.296 e. The Balaban J connectivity index is 2.36. The summed E-state index contributed by atoms with van der Waals surface area (Å²) in [5.74, 6) is 0. The Morgan fingerprint density at radius 2 is 2.67 bits per heavy atom. The lowest BCUT2D eigenvalue weighted by molar-refractivity contribution is -0.142. The van der Waals surface area contributed by atoms with Crippen molar-refractivity contribution in [3.63, 3.8) is 0 Å². The molecule has 48 valence electrons. The van der Waals surface area contributed by atoms with Gasteiger partial charge in [-0.1, -0.05) is 0 Å². The van der Waals surface area contributed by atoms with E-state index in [0.29, 0.717) is 6.47 Å². The maximum Gasteiger partial charge on any atom is 0.296 e. The minimum Gasteiger partial charge on any atom is -0.456 e. The van der Waals surface area contributed by atoms with E-state index in [1.54, 1.807) is 0 Å². The summed E-state index contributed by atoms with van der Waals surface area (Å²) in [5, 5.41) is 0. The third-order valence-corrected chi connectivity index (χ3v) is 0.757. The first-order chi connectivity index (χ1) is 4.43. The lowest BCUT2D eigenvalue weighted by atomic mass is 10.6. The van der Waals surface area contributed by atoms with E-state index >= 15 is 0 Å². The van der Waals surface area contributed by atoms with Gasteiger partial charge in [-0.25, -0.2) is 0 Å². The van der Waals surface area contributed by atoms with Gasteiger partial charge in [-0.15, -0.1) is 0 Å². The number of carbonyl (C=O) groups excluding carboxylic acids is 1. The predicted molar refractivity (Wildman–Crippen MR) is 29.7 cm³/mol. The van der Waals surface area contributed by atoms with Crippen molar-refractivity contribution in [2.75, 3.05) is 0 Å². The van der Waals surface area contributed by atoms with Crippen LogP contribution >= 0.6 is 0 Å². The second kappa shape index (κ2) is 2.86. The molecule has 0 spiro atoms. The van der Waals surface area contributed by atoms with E-state index in [0.717, 1.165) is 0 Å². The van der Waals surface area contributed by atoms with Gasteiger partial charge in [-0.05, 0) is 0 Å². The van der Waals surface area contributed by atoms with E-state index < -0.39 is 6.29 Å². The van der Waals surface area contributed by atoms with Gasteiger partial charge in [0, 0.05) is 0 Å². The zero-order chi connectivity index (χ0) is 6.53. The van der Waals surface area contributed by atoms with Crippen LogP contribution in [0.25, 0.3) is 0 Å². The van der Waals surface area contributed by atoms with Gasteiger partial charge < -0.3 is 9.47 Å². The van der Waals surface area contributed by atoms with Gasteiger partial charge in [0.2, 0.25) is 0 Å². The number of hydrogen-bond donors (Lipinski definition) is 0. The standard InChI is InChI=1S/C5H5NO3/c7-4-9-5-3-6-1-2-8-5/h1-5H. The molecule has 0 fully saturated rings. The first-order valence-corrected chi connectivity index (χ1v) is 2.36. The third kappa shape index (κ3) is 1.56. The molecule has 1 unspecified atom stereocenters. The second-order valence-electron chi connectivity index (χ2n) is 1.32. The molecule has 0 saturated carbocycles. The summed E-state index contributed by atoms with van der Waals surface area (Å²) in [6.45, 7) is 0.315. The molecule has 0 bridgehead atoms. The maximum absolute atomic E-state index is 9.69. The summed E-state index contributed by atoms with van der Waals surface area (Å²) >= 11 is 0. The highest BCUT2D eigenvalue weighted by atomic mass is 16.7. The molecule has 0 amide bonds. The van der Waals surface area contributed by atoms with Crippen LogP contribution in [0, 0.1) is 0 Å². The first-order valence-electron chi connectivity index (χ1n) is 2.36. The minimum absolute atomic E-state index is 0.315. The Kier molecular flexibility index (Phi) is 1.85. The molecule has 0 N–H and O–H groups in total. The van der Waals surface area contributed by atoms with Crippen LogP contribution in [-0.2, 0) is 14.3 Å². The van der Waals surface area contributed by atoms with Gasteiger partial charge in [-0.2, -0.15) is 0 Å². The summed E-state index contributed by atoms with van der Waals surface area (Å²) in [7, 11) is 0. The fourth-order valence-electron chi connectivity index (χ4n) is 0.425. The highest BCUT2D eigenvalue weighted by Gasteiger charge is 2.04. The highest BCUT2D eigenvalue weighted by molar-refractivity contribution is 5.64. The fourth-order valence-corrected chi connectivity index (χ4v) is 0.425. The van der Waals surface area contributed by atoms with Crippen molar-refractivity contribution in [2.24, 2.45) is 4.99 Å². The quantitative estimate of drug-likeness (QED) is 0.492. The van der Waals surface area contributed by atoms with Crippen molar-refractivity contribution in [3.8, 4) is 0 Å². The van der Waals surface area contributed by atoms with Crippen molar-refractivity contribution in [1.29, 1.82) is 0 Å². The van der Waals surface area contributed by atoms with Crippen molar-refractivity contribution < 1.29 is 14.3 Å². The first kappa shape index (κ1) is 5.81. The molecule has 1 atom stereocenters. The molecule has 1 aliphatic rings. The molecular weight excluding hydrogens is 122 g/mol. The predicted octanol–water partition coefficient (Wildman–Crippen LogP) is 0.0577. The monoisotopic (exact) mass is 127 g/mol. The average Bonchev–Trinajstić information content (AvgIpc) is 1.91. The number of rotatable bonds is 2. The molecule has 9 heavy (non-hydrogen) atoms. The molecule has 1 heterocycles. The normalized spacial score (nSPS) is 22.9. The van der Waals surface area contributed by atoms with Crippen LogP contribution in [0.4, 0.5) is 0 Å². The van der Waals surface area contributed by atoms with Gasteiger partial charge in [0.25, 0.3) is 12.8 Å². The van der Waals surface area contributed by atoms with Gasteiger partial charge in [0.05, 0.1) is 12.4 Å². The van der Waals surface area contributed by atoms with Crippen LogP contribution in [0.1, 0.15) is 0 Å². The SMILES string of the molecule is O=COC1C=NC=CO1. The Bertz CT molecular complexity index is 150. The van der Waals surface area contributed by atoms with E-state index in [2.05, 4.69) is 9.73 Å². The third-order valence-electron chi connectivity index (χ3n) is 0.757. The fraction of sp³-hybridized carbons (Fsp3) is 0.200. The molecule has 0 aliphatic carbocycles. The van der Waals surface area contributed by atoms with Crippen LogP contribution in [0.2, 0.25) is 0 Å². The second-order valence-corrected chi connectivity index (χ2v) is 1.32. The number of hydrogen-bond acceptors (Lipinski definition) is 4. The summed E-state index contributed by atoms with van der Waals surface area (Å²) < 4.78 is 9.11. The Morgan fingerprint density at radius 1 is 1.78 bits per heavy atom. The summed E-state index contributed by atoms with van der Waals surface area (Å²) in [4.78, 5) is 13.3.